The molecule has 8 nitrogen and oxygen atoms in total. The van der Waals surface area contributed by atoms with E-state index in [1.54, 1.807) is 43.5 Å². The first-order valence-corrected chi connectivity index (χ1v) is 10.2. The zero-order valence-electron chi connectivity index (χ0n) is 16.8. The highest BCUT2D eigenvalue weighted by Gasteiger charge is 2.12. The van der Waals surface area contributed by atoms with E-state index in [1.165, 1.54) is 0 Å². The zero-order chi connectivity index (χ0) is 21.5. The van der Waals surface area contributed by atoms with E-state index in [0.717, 1.165) is 23.1 Å². The average molecular weight is 426 g/mol. The molecule has 0 radical (unpaired) electrons. The normalized spacial score (nSPS) is 10.7. The Bertz CT molecular complexity index is 1020. The van der Waals surface area contributed by atoms with Crippen molar-refractivity contribution in [3.63, 3.8) is 0 Å². The first-order valence-electron chi connectivity index (χ1n) is 9.26. The van der Waals surface area contributed by atoms with Gasteiger partial charge in [-0.05, 0) is 42.5 Å². The SMILES string of the molecule is COc1ccc(-c2nnc(SCC(=O)Nc3cccc(NC(=O)C(C)C)c3)o2)cc1. The third kappa shape index (κ3) is 5.84. The maximum atomic E-state index is 12.3. The molecule has 2 aromatic carbocycles. The number of carbonyl (C=O) groups excluding carboxylic acids is 2. The number of rotatable bonds is 8. The van der Waals surface area contributed by atoms with E-state index in [9.17, 15) is 9.59 Å². The van der Waals surface area contributed by atoms with Crippen molar-refractivity contribution >= 4 is 35.0 Å². The molecular formula is C21H22N4O4S. The monoisotopic (exact) mass is 426 g/mol. The van der Waals surface area contributed by atoms with Crippen LogP contribution in [0.1, 0.15) is 13.8 Å². The van der Waals surface area contributed by atoms with Crippen molar-refractivity contribution in [2.75, 3.05) is 23.5 Å². The molecule has 3 rings (SSSR count). The standard InChI is InChI=1S/C21H22N4O4S/c1-13(2)19(27)23-16-6-4-5-15(11-16)22-18(26)12-30-21-25-24-20(29-21)14-7-9-17(28-3)10-8-14/h4-11,13H,12H2,1-3H3,(H,22,26)(H,23,27). The van der Waals surface area contributed by atoms with Crippen LogP contribution in [0.3, 0.4) is 0 Å². The number of benzene rings is 2. The third-order valence-corrected chi connectivity index (χ3v) is 4.83. The molecular weight excluding hydrogens is 404 g/mol. The van der Waals surface area contributed by atoms with Gasteiger partial charge in [0.05, 0.1) is 12.9 Å². The number of aromatic nitrogens is 2. The molecule has 2 amide bonds. The lowest BCUT2D eigenvalue weighted by Gasteiger charge is -2.10. The Hall–Kier alpha value is -3.33. The molecule has 30 heavy (non-hydrogen) atoms. The lowest BCUT2D eigenvalue weighted by Crippen LogP contribution is -2.18. The first kappa shape index (κ1) is 21.4. The molecule has 0 fully saturated rings. The number of ether oxygens (including phenoxy) is 1. The second kappa shape index (κ2) is 9.93. The number of methoxy groups -OCH3 is 1. The Morgan fingerprint density at radius 3 is 2.43 bits per heavy atom. The van der Waals surface area contributed by atoms with Gasteiger partial charge in [-0.3, -0.25) is 9.59 Å². The molecule has 0 saturated carbocycles. The Balaban J connectivity index is 1.54. The third-order valence-electron chi connectivity index (χ3n) is 4.01. The van der Waals surface area contributed by atoms with Gasteiger partial charge < -0.3 is 19.8 Å². The van der Waals surface area contributed by atoms with Gasteiger partial charge in [0.2, 0.25) is 17.7 Å². The van der Waals surface area contributed by atoms with Crippen LogP contribution in [0.25, 0.3) is 11.5 Å². The number of nitrogens with one attached hydrogen (secondary N) is 2. The molecule has 1 heterocycles. The maximum absolute atomic E-state index is 12.3. The van der Waals surface area contributed by atoms with E-state index in [-0.39, 0.29) is 23.5 Å². The maximum Gasteiger partial charge on any atom is 0.277 e. The second-order valence-electron chi connectivity index (χ2n) is 6.66. The lowest BCUT2D eigenvalue weighted by molar-refractivity contribution is -0.119. The zero-order valence-corrected chi connectivity index (χ0v) is 17.7. The molecule has 0 unspecified atom stereocenters. The van der Waals surface area contributed by atoms with E-state index in [4.69, 9.17) is 9.15 Å². The minimum atomic E-state index is -0.225. The number of amides is 2. The summed E-state index contributed by atoms with van der Waals surface area (Å²) in [6.45, 7) is 3.63. The van der Waals surface area contributed by atoms with Crippen molar-refractivity contribution in [3.8, 4) is 17.2 Å². The fraction of sp³-hybridized carbons (Fsp3) is 0.238. The fourth-order valence-corrected chi connectivity index (χ4v) is 2.97. The van der Waals surface area contributed by atoms with Crippen LogP contribution in [0.5, 0.6) is 5.75 Å². The number of hydrogen-bond donors (Lipinski definition) is 2. The summed E-state index contributed by atoms with van der Waals surface area (Å²) in [5.74, 6) is 0.769. The quantitative estimate of drug-likeness (QED) is 0.523. The summed E-state index contributed by atoms with van der Waals surface area (Å²) in [5.41, 5.74) is 1.98. The van der Waals surface area contributed by atoms with Gasteiger partial charge in [-0.25, -0.2) is 0 Å². The van der Waals surface area contributed by atoms with Crippen LogP contribution in [0, 0.1) is 5.92 Å². The van der Waals surface area contributed by atoms with Gasteiger partial charge in [-0.15, -0.1) is 10.2 Å². The van der Waals surface area contributed by atoms with Gasteiger partial charge in [0.15, 0.2) is 0 Å². The molecule has 156 valence electrons. The van der Waals surface area contributed by atoms with Crippen LogP contribution in [-0.4, -0.2) is 34.9 Å². The van der Waals surface area contributed by atoms with Crippen LogP contribution < -0.4 is 15.4 Å². The molecule has 9 heteroatoms. The topological polar surface area (TPSA) is 106 Å². The molecule has 0 saturated heterocycles. The summed E-state index contributed by atoms with van der Waals surface area (Å²) in [7, 11) is 1.60. The van der Waals surface area contributed by atoms with Gasteiger partial charge in [0, 0.05) is 22.9 Å². The molecule has 0 spiro atoms. The highest BCUT2D eigenvalue weighted by Crippen LogP contribution is 2.25. The van der Waals surface area contributed by atoms with Crippen molar-refractivity contribution in [2.45, 2.75) is 19.1 Å². The van der Waals surface area contributed by atoms with Crippen LogP contribution in [-0.2, 0) is 9.59 Å². The minimum absolute atomic E-state index is 0.0851. The van der Waals surface area contributed by atoms with E-state index in [2.05, 4.69) is 20.8 Å². The van der Waals surface area contributed by atoms with Crippen LogP contribution >= 0.6 is 11.8 Å². The number of nitrogens with zero attached hydrogens (tertiary/aromatic N) is 2. The predicted octanol–water partition coefficient (Wildman–Crippen LogP) is 4.07. The molecule has 0 aliphatic rings. The van der Waals surface area contributed by atoms with E-state index < -0.39 is 0 Å². The highest BCUT2D eigenvalue weighted by molar-refractivity contribution is 7.99. The minimum Gasteiger partial charge on any atom is -0.497 e. The lowest BCUT2D eigenvalue weighted by atomic mass is 10.2. The van der Waals surface area contributed by atoms with Crippen molar-refractivity contribution in [1.82, 2.24) is 10.2 Å². The molecule has 0 aliphatic heterocycles. The summed E-state index contributed by atoms with van der Waals surface area (Å²) in [4.78, 5) is 24.1. The van der Waals surface area contributed by atoms with Crippen molar-refractivity contribution in [1.29, 1.82) is 0 Å². The number of thioether (sulfide) groups is 1. The van der Waals surface area contributed by atoms with Gasteiger partial charge in [0.25, 0.3) is 5.22 Å². The van der Waals surface area contributed by atoms with Gasteiger partial charge in [-0.2, -0.15) is 0 Å². The molecule has 2 N–H and O–H groups in total. The Morgan fingerprint density at radius 2 is 1.77 bits per heavy atom. The summed E-state index contributed by atoms with van der Waals surface area (Å²) < 4.78 is 10.7. The van der Waals surface area contributed by atoms with Gasteiger partial charge in [0.1, 0.15) is 5.75 Å². The van der Waals surface area contributed by atoms with Crippen LogP contribution in [0.2, 0.25) is 0 Å². The number of hydrogen-bond acceptors (Lipinski definition) is 7. The van der Waals surface area contributed by atoms with Crippen molar-refractivity contribution in [3.05, 3.63) is 48.5 Å². The Kier molecular flexibility index (Phi) is 7.08. The summed E-state index contributed by atoms with van der Waals surface area (Å²) in [6.07, 6.45) is 0. The highest BCUT2D eigenvalue weighted by atomic mass is 32.2. The molecule has 0 aliphatic carbocycles. The summed E-state index contributed by atoms with van der Waals surface area (Å²) in [6, 6.07) is 14.2. The van der Waals surface area contributed by atoms with Crippen molar-refractivity contribution in [2.24, 2.45) is 5.92 Å². The molecule has 0 atom stereocenters. The Labute approximate surface area is 178 Å². The van der Waals surface area contributed by atoms with Crippen molar-refractivity contribution < 1.29 is 18.7 Å². The van der Waals surface area contributed by atoms with Gasteiger partial charge in [-0.1, -0.05) is 31.7 Å². The van der Waals surface area contributed by atoms with Crippen LogP contribution in [0.15, 0.2) is 58.2 Å². The smallest absolute Gasteiger partial charge is 0.277 e. The molecule has 3 aromatic rings. The Morgan fingerprint density at radius 1 is 1.07 bits per heavy atom. The van der Waals surface area contributed by atoms with Crippen LogP contribution in [0.4, 0.5) is 11.4 Å². The summed E-state index contributed by atoms with van der Waals surface area (Å²) in [5, 5.41) is 13.9. The predicted molar refractivity (Wildman–Crippen MR) is 116 cm³/mol. The fourth-order valence-electron chi connectivity index (χ4n) is 2.40. The van der Waals surface area contributed by atoms with Gasteiger partial charge >= 0.3 is 0 Å². The second-order valence-corrected chi connectivity index (χ2v) is 7.59. The largest absolute Gasteiger partial charge is 0.497 e. The summed E-state index contributed by atoms with van der Waals surface area (Å²) >= 11 is 1.14. The average Bonchev–Trinajstić information content (AvgIpc) is 3.21. The molecule has 1 aromatic heterocycles. The molecule has 0 bridgehead atoms. The number of carbonyl (C=O) groups is 2. The van der Waals surface area contributed by atoms with E-state index in [1.807, 2.05) is 26.0 Å². The van der Waals surface area contributed by atoms with E-state index in [0.29, 0.717) is 22.5 Å². The van der Waals surface area contributed by atoms with E-state index >= 15 is 0 Å². The number of anilines is 2. The first-order chi connectivity index (χ1) is 14.4.